The van der Waals surface area contributed by atoms with Gasteiger partial charge in [0.25, 0.3) is 5.79 Å². The van der Waals surface area contributed by atoms with Gasteiger partial charge in [-0.05, 0) is 37.6 Å². The average Bonchev–Trinajstić information content (AvgIpc) is 2.83. The largest absolute Gasteiger partial charge is 0.419 e. The van der Waals surface area contributed by atoms with Gasteiger partial charge in [-0.15, -0.1) is 0 Å². The van der Waals surface area contributed by atoms with Crippen molar-refractivity contribution in [2.45, 2.75) is 40.0 Å². The zero-order chi connectivity index (χ0) is 18.9. The number of rotatable bonds is 4. The van der Waals surface area contributed by atoms with Crippen LogP contribution in [0.4, 0.5) is 5.69 Å². The van der Waals surface area contributed by atoms with E-state index >= 15 is 0 Å². The summed E-state index contributed by atoms with van der Waals surface area (Å²) in [6.45, 7) is 7.61. The molecule has 1 aromatic heterocycles. The lowest BCUT2D eigenvalue weighted by molar-refractivity contribution is -0.222. The molecule has 0 aliphatic carbocycles. The van der Waals surface area contributed by atoms with Crippen LogP contribution in [0, 0.1) is 13.8 Å². The molecule has 0 amide bonds. The number of aryl methyl sites for hydroxylation is 2. The monoisotopic (exact) mass is 355 g/mol. The van der Waals surface area contributed by atoms with E-state index in [1.165, 1.54) is 20.0 Å². The molecule has 1 fully saturated rings. The molecule has 0 bridgehead atoms. The average molecular weight is 355 g/mol. The number of anilines is 1. The number of hydrogen-bond donors (Lipinski definition) is 1. The first-order valence-corrected chi connectivity index (χ1v) is 8.27. The van der Waals surface area contributed by atoms with Crippen LogP contribution in [0.25, 0.3) is 0 Å². The van der Waals surface area contributed by atoms with Gasteiger partial charge in [-0.2, -0.15) is 5.10 Å². The maximum Gasteiger partial charge on any atom is 0.350 e. The molecular weight excluding hydrogens is 334 g/mol. The Balaban J connectivity index is 1.74. The van der Waals surface area contributed by atoms with E-state index in [2.05, 4.69) is 10.4 Å². The quantitative estimate of drug-likeness (QED) is 0.516. The molecule has 2 heterocycles. The molecule has 2 aromatic rings. The van der Waals surface area contributed by atoms with E-state index in [0.29, 0.717) is 6.54 Å². The summed E-state index contributed by atoms with van der Waals surface area (Å²) in [5.41, 5.74) is 3.65. The predicted octanol–water partition coefficient (Wildman–Crippen LogP) is 2.68. The van der Waals surface area contributed by atoms with Crippen LogP contribution >= 0.6 is 0 Å². The van der Waals surface area contributed by atoms with Crippen LogP contribution in [0.2, 0.25) is 0 Å². The molecule has 3 rings (SSSR count). The Kier molecular flexibility index (Phi) is 4.54. The Labute approximate surface area is 151 Å². The van der Waals surface area contributed by atoms with E-state index in [9.17, 15) is 9.59 Å². The summed E-state index contributed by atoms with van der Waals surface area (Å²) < 4.78 is 12.0. The second-order valence-corrected chi connectivity index (χ2v) is 6.67. The molecule has 0 radical (unpaired) electrons. The first-order chi connectivity index (χ1) is 12.2. The number of benzene rings is 1. The number of aromatic nitrogens is 2. The highest BCUT2D eigenvalue weighted by Crippen LogP contribution is 2.23. The number of nitrogens with zero attached hydrogens (tertiary/aromatic N) is 2. The van der Waals surface area contributed by atoms with Crippen LogP contribution in [0.3, 0.4) is 0 Å². The fraction of sp³-hybridized carbons (Fsp3) is 0.316. The van der Waals surface area contributed by atoms with Gasteiger partial charge in [0.15, 0.2) is 5.57 Å². The van der Waals surface area contributed by atoms with Crippen LogP contribution in [0.15, 0.2) is 42.1 Å². The van der Waals surface area contributed by atoms with Crippen molar-refractivity contribution >= 4 is 17.6 Å². The van der Waals surface area contributed by atoms with E-state index in [0.717, 1.165) is 22.6 Å². The van der Waals surface area contributed by atoms with E-state index in [4.69, 9.17) is 9.47 Å². The van der Waals surface area contributed by atoms with Crippen molar-refractivity contribution in [1.29, 1.82) is 0 Å². The maximum absolute atomic E-state index is 11.9. The smallest absolute Gasteiger partial charge is 0.350 e. The van der Waals surface area contributed by atoms with Crippen LogP contribution < -0.4 is 5.32 Å². The second kappa shape index (κ2) is 6.67. The third kappa shape index (κ3) is 3.93. The van der Waals surface area contributed by atoms with Gasteiger partial charge in [0.05, 0.1) is 12.2 Å². The topological polar surface area (TPSA) is 82.5 Å². The molecule has 1 aliphatic heterocycles. The zero-order valence-electron chi connectivity index (χ0n) is 15.2. The van der Waals surface area contributed by atoms with Gasteiger partial charge in [0.2, 0.25) is 0 Å². The normalized spacial score (nSPS) is 16.1. The predicted molar refractivity (Wildman–Crippen MR) is 95.2 cm³/mol. The lowest BCUT2D eigenvalue weighted by Gasteiger charge is -2.29. The van der Waals surface area contributed by atoms with E-state index in [1.54, 1.807) is 0 Å². The zero-order valence-corrected chi connectivity index (χ0v) is 15.2. The lowest BCUT2D eigenvalue weighted by atomic mass is 10.2. The second-order valence-electron chi connectivity index (χ2n) is 6.67. The summed E-state index contributed by atoms with van der Waals surface area (Å²) >= 11 is 0. The fourth-order valence-corrected chi connectivity index (χ4v) is 2.70. The number of esters is 2. The molecule has 7 nitrogen and oxygen atoms in total. The molecular formula is C19H21N3O4. The van der Waals surface area contributed by atoms with Crippen LogP contribution in [0.1, 0.15) is 30.8 Å². The number of carbonyl (C=O) groups excluding carboxylic acids is 2. The number of ether oxygens (including phenoxy) is 2. The van der Waals surface area contributed by atoms with Gasteiger partial charge in [-0.1, -0.05) is 12.1 Å². The maximum atomic E-state index is 11.9. The molecule has 0 saturated carbocycles. The Morgan fingerprint density at radius 1 is 1.15 bits per heavy atom. The van der Waals surface area contributed by atoms with E-state index in [1.807, 2.05) is 48.9 Å². The van der Waals surface area contributed by atoms with Crippen molar-refractivity contribution in [2.75, 3.05) is 5.32 Å². The molecule has 0 spiro atoms. The van der Waals surface area contributed by atoms with Crippen molar-refractivity contribution in [1.82, 2.24) is 9.78 Å². The Morgan fingerprint density at radius 2 is 1.85 bits per heavy atom. The summed E-state index contributed by atoms with van der Waals surface area (Å²) in [5.74, 6) is -2.67. The van der Waals surface area contributed by atoms with Gasteiger partial charge in [-0.3, -0.25) is 4.68 Å². The van der Waals surface area contributed by atoms with Crippen molar-refractivity contribution in [3.8, 4) is 0 Å². The highest BCUT2D eigenvalue weighted by Gasteiger charge is 2.38. The molecule has 0 unspecified atom stereocenters. The van der Waals surface area contributed by atoms with Gasteiger partial charge >= 0.3 is 11.9 Å². The molecule has 26 heavy (non-hydrogen) atoms. The first-order valence-electron chi connectivity index (χ1n) is 8.27. The molecule has 1 saturated heterocycles. The first kappa shape index (κ1) is 17.7. The third-order valence-corrected chi connectivity index (χ3v) is 3.86. The summed E-state index contributed by atoms with van der Waals surface area (Å²) in [7, 11) is 0. The molecule has 1 N–H and O–H groups in total. The Bertz CT molecular complexity index is 874. The number of nitrogens with one attached hydrogen (secondary N) is 1. The summed E-state index contributed by atoms with van der Waals surface area (Å²) in [5, 5.41) is 7.41. The van der Waals surface area contributed by atoms with E-state index in [-0.39, 0.29) is 5.57 Å². The van der Waals surface area contributed by atoms with Crippen molar-refractivity contribution in [2.24, 2.45) is 0 Å². The molecule has 7 heteroatoms. The minimum atomic E-state index is -1.24. The minimum absolute atomic E-state index is 0.173. The molecule has 136 valence electrons. The van der Waals surface area contributed by atoms with Gasteiger partial charge in [0.1, 0.15) is 0 Å². The van der Waals surface area contributed by atoms with E-state index < -0.39 is 17.7 Å². The van der Waals surface area contributed by atoms with Gasteiger partial charge in [-0.25, -0.2) is 9.59 Å². The lowest BCUT2D eigenvalue weighted by Crippen LogP contribution is -2.42. The van der Waals surface area contributed by atoms with Gasteiger partial charge < -0.3 is 14.8 Å². The summed E-state index contributed by atoms with van der Waals surface area (Å²) in [6, 6.07) is 9.67. The molecule has 1 aromatic carbocycles. The highest BCUT2D eigenvalue weighted by atomic mass is 16.7. The third-order valence-electron chi connectivity index (χ3n) is 3.86. The highest BCUT2D eigenvalue weighted by molar-refractivity contribution is 6.15. The van der Waals surface area contributed by atoms with Crippen LogP contribution in [0.5, 0.6) is 0 Å². The minimum Gasteiger partial charge on any atom is -0.419 e. The number of cyclic esters (lactones) is 2. The SMILES string of the molecule is Cc1cc(C)n(Cc2cccc(NC=C3C(=O)OC(C)(C)OC3=O)c2)n1. The van der Waals surface area contributed by atoms with Crippen LogP contribution in [-0.2, 0) is 25.6 Å². The van der Waals surface area contributed by atoms with Crippen LogP contribution in [-0.4, -0.2) is 27.5 Å². The van der Waals surface area contributed by atoms with Crippen molar-refractivity contribution in [3.63, 3.8) is 0 Å². The molecule has 1 aliphatic rings. The summed E-state index contributed by atoms with van der Waals surface area (Å²) in [6.07, 6.45) is 1.31. The number of hydrogen-bond acceptors (Lipinski definition) is 6. The van der Waals surface area contributed by atoms with Crippen molar-refractivity contribution < 1.29 is 19.1 Å². The van der Waals surface area contributed by atoms with Crippen molar-refractivity contribution in [3.05, 3.63) is 59.1 Å². The number of carbonyl (C=O) groups is 2. The molecule has 0 atom stereocenters. The van der Waals surface area contributed by atoms with Gasteiger partial charge in [0, 0.05) is 31.4 Å². The standard InChI is InChI=1S/C19H21N3O4/c1-12-8-13(2)22(21-12)11-14-6-5-7-15(9-14)20-10-16-17(23)25-19(3,4)26-18(16)24/h5-10,20H,11H2,1-4H3. The fourth-order valence-electron chi connectivity index (χ4n) is 2.70. The summed E-state index contributed by atoms with van der Waals surface area (Å²) in [4.78, 5) is 23.9. The Morgan fingerprint density at radius 3 is 2.46 bits per heavy atom. The Hall–Kier alpha value is -3.09.